The second-order valence-corrected chi connectivity index (χ2v) is 4.23. The van der Waals surface area contributed by atoms with Gasteiger partial charge in [-0.05, 0) is 24.6 Å². The van der Waals surface area contributed by atoms with Crippen LogP contribution in [0.5, 0.6) is 11.5 Å². The van der Waals surface area contributed by atoms with Gasteiger partial charge < -0.3 is 19.3 Å². The fourth-order valence-electron chi connectivity index (χ4n) is 1.97. The Morgan fingerprint density at radius 2 is 2.12 bits per heavy atom. The Balaban J connectivity index is 2.32. The molecule has 94 valence electrons. The average Bonchev–Trinajstić information content (AvgIpc) is 2.29. The van der Waals surface area contributed by atoms with Crippen LogP contribution < -0.4 is 9.47 Å². The summed E-state index contributed by atoms with van der Waals surface area (Å²) in [7, 11) is 1.62. The highest BCUT2D eigenvalue weighted by molar-refractivity contribution is 5.46. The number of hydrogen-bond acceptors (Lipinski definition) is 4. The lowest BCUT2D eigenvalue weighted by Crippen LogP contribution is -2.49. The molecule has 0 aromatic heterocycles. The molecule has 2 rings (SSSR count). The molecule has 1 aromatic carbocycles. The molecule has 0 unspecified atom stereocenters. The number of methoxy groups -OCH3 is 1. The van der Waals surface area contributed by atoms with E-state index in [2.05, 4.69) is 0 Å². The lowest BCUT2D eigenvalue weighted by Gasteiger charge is -2.40. The highest BCUT2D eigenvalue weighted by atomic mass is 16.5. The number of hydrogen-bond donors (Lipinski definition) is 1. The summed E-state index contributed by atoms with van der Waals surface area (Å²) in [5.41, 5.74) is 0.772. The molecule has 17 heavy (non-hydrogen) atoms. The predicted molar refractivity (Wildman–Crippen MR) is 63.7 cm³/mol. The highest BCUT2D eigenvalue weighted by Crippen LogP contribution is 2.37. The van der Waals surface area contributed by atoms with Gasteiger partial charge in [-0.25, -0.2) is 0 Å². The van der Waals surface area contributed by atoms with E-state index in [4.69, 9.17) is 14.2 Å². The lowest BCUT2D eigenvalue weighted by atomic mass is 9.79. The van der Waals surface area contributed by atoms with Gasteiger partial charge in [-0.2, -0.15) is 0 Å². The second-order valence-electron chi connectivity index (χ2n) is 4.23. The second kappa shape index (κ2) is 4.94. The van der Waals surface area contributed by atoms with Crippen LogP contribution in [-0.4, -0.2) is 38.6 Å². The Labute approximate surface area is 101 Å². The summed E-state index contributed by atoms with van der Waals surface area (Å²) in [4.78, 5) is 0. The molecule has 0 spiro atoms. The van der Waals surface area contributed by atoms with Gasteiger partial charge in [0.15, 0.2) is 11.5 Å². The molecule has 4 nitrogen and oxygen atoms in total. The largest absolute Gasteiger partial charge is 0.493 e. The van der Waals surface area contributed by atoms with Crippen molar-refractivity contribution in [3.63, 3.8) is 0 Å². The van der Waals surface area contributed by atoms with Gasteiger partial charge >= 0.3 is 0 Å². The van der Waals surface area contributed by atoms with E-state index in [1.807, 2.05) is 25.1 Å². The lowest BCUT2D eigenvalue weighted by molar-refractivity contribution is -0.0842. The van der Waals surface area contributed by atoms with Crippen LogP contribution in [0, 0.1) is 0 Å². The van der Waals surface area contributed by atoms with Crippen LogP contribution >= 0.6 is 0 Å². The molecule has 1 fully saturated rings. The Morgan fingerprint density at radius 3 is 2.59 bits per heavy atom. The first-order valence-electron chi connectivity index (χ1n) is 5.75. The molecule has 4 heteroatoms. The predicted octanol–water partition coefficient (Wildman–Crippen LogP) is 1.35. The maximum atomic E-state index is 9.49. The first kappa shape index (κ1) is 12.2. The minimum Gasteiger partial charge on any atom is -0.493 e. The molecule has 0 amide bonds. The molecular weight excluding hydrogens is 220 g/mol. The molecular formula is C13H18O4. The zero-order chi connectivity index (χ0) is 12.3. The summed E-state index contributed by atoms with van der Waals surface area (Å²) in [6.07, 6.45) is 0. The Hall–Kier alpha value is -1.26. The van der Waals surface area contributed by atoms with E-state index in [1.165, 1.54) is 0 Å². The SMILES string of the molecule is CCOc1cc(C2(CO)COC2)ccc1OC. The third-order valence-corrected chi connectivity index (χ3v) is 3.14. The molecule has 1 saturated heterocycles. The van der Waals surface area contributed by atoms with Crippen LogP contribution in [0.1, 0.15) is 12.5 Å². The smallest absolute Gasteiger partial charge is 0.161 e. The summed E-state index contributed by atoms with van der Waals surface area (Å²) in [5.74, 6) is 1.43. The van der Waals surface area contributed by atoms with Crippen molar-refractivity contribution >= 4 is 0 Å². The van der Waals surface area contributed by atoms with E-state index in [9.17, 15) is 5.11 Å². The first-order valence-corrected chi connectivity index (χ1v) is 5.75. The summed E-state index contributed by atoms with van der Waals surface area (Å²) in [5, 5.41) is 9.49. The van der Waals surface area contributed by atoms with Crippen LogP contribution in [0.3, 0.4) is 0 Å². The van der Waals surface area contributed by atoms with Gasteiger partial charge in [0.05, 0.1) is 39.0 Å². The summed E-state index contributed by atoms with van der Waals surface area (Å²) >= 11 is 0. The average molecular weight is 238 g/mol. The van der Waals surface area contributed by atoms with Crippen molar-refractivity contribution in [2.45, 2.75) is 12.3 Å². The normalized spacial score (nSPS) is 17.4. The maximum Gasteiger partial charge on any atom is 0.161 e. The molecule has 1 aromatic rings. The summed E-state index contributed by atoms with van der Waals surface area (Å²) in [6, 6.07) is 5.76. The molecule has 1 aliphatic rings. The molecule has 0 radical (unpaired) electrons. The van der Waals surface area contributed by atoms with Gasteiger partial charge in [0.1, 0.15) is 0 Å². The molecule has 0 aliphatic carbocycles. The summed E-state index contributed by atoms with van der Waals surface area (Å²) in [6.45, 7) is 3.72. The van der Waals surface area contributed by atoms with Gasteiger partial charge in [-0.3, -0.25) is 0 Å². The monoisotopic (exact) mass is 238 g/mol. The fourth-order valence-corrected chi connectivity index (χ4v) is 1.97. The van der Waals surface area contributed by atoms with Crippen LogP contribution in [-0.2, 0) is 10.2 Å². The molecule has 0 atom stereocenters. The van der Waals surface area contributed by atoms with Crippen molar-refractivity contribution in [2.24, 2.45) is 0 Å². The molecule has 1 aliphatic heterocycles. The minimum absolute atomic E-state index is 0.0882. The van der Waals surface area contributed by atoms with E-state index < -0.39 is 0 Å². The number of aliphatic hydroxyl groups is 1. The van der Waals surface area contributed by atoms with E-state index in [-0.39, 0.29) is 12.0 Å². The maximum absolute atomic E-state index is 9.49. The topological polar surface area (TPSA) is 47.9 Å². The van der Waals surface area contributed by atoms with Gasteiger partial charge in [0.2, 0.25) is 0 Å². The van der Waals surface area contributed by atoms with E-state index in [0.717, 1.165) is 5.56 Å². The van der Waals surface area contributed by atoms with Crippen LogP contribution in [0.15, 0.2) is 18.2 Å². The zero-order valence-corrected chi connectivity index (χ0v) is 10.2. The van der Waals surface area contributed by atoms with Crippen molar-refractivity contribution in [3.05, 3.63) is 23.8 Å². The van der Waals surface area contributed by atoms with Crippen molar-refractivity contribution in [2.75, 3.05) is 33.5 Å². The minimum atomic E-state index is -0.266. The Morgan fingerprint density at radius 1 is 1.35 bits per heavy atom. The van der Waals surface area contributed by atoms with Crippen molar-refractivity contribution < 1.29 is 19.3 Å². The van der Waals surface area contributed by atoms with Gasteiger partial charge in [-0.15, -0.1) is 0 Å². The number of benzene rings is 1. The first-order chi connectivity index (χ1) is 8.25. The Bertz CT molecular complexity index is 379. The van der Waals surface area contributed by atoms with Gasteiger partial charge in [0, 0.05) is 0 Å². The quantitative estimate of drug-likeness (QED) is 0.841. The van der Waals surface area contributed by atoms with Gasteiger partial charge in [0.25, 0.3) is 0 Å². The van der Waals surface area contributed by atoms with Crippen molar-refractivity contribution in [1.82, 2.24) is 0 Å². The van der Waals surface area contributed by atoms with Crippen molar-refractivity contribution in [3.8, 4) is 11.5 Å². The third kappa shape index (κ3) is 2.10. The van der Waals surface area contributed by atoms with E-state index >= 15 is 0 Å². The molecule has 0 bridgehead atoms. The standard InChI is InChI=1S/C13H18O4/c1-3-17-12-6-10(4-5-11(12)15-2)13(7-14)8-16-9-13/h4-6,14H,3,7-9H2,1-2H3. The highest BCUT2D eigenvalue weighted by Gasteiger charge is 2.40. The van der Waals surface area contributed by atoms with Crippen molar-refractivity contribution in [1.29, 1.82) is 0 Å². The number of ether oxygens (including phenoxy) is 3. The van der Waals surface area contributed by atoms with Crippen LogP contribution in [0.25, 0.3) is 0 Å². The molecule has 0 saturated carbocycles. The van der Waals surface area contributed by atoms with Gasteiger partial charge in [-0.1, -0.05) is 6.07 Å². The zero-order valence-electron chi connectivity index (χ0n) is 10.2. The van der Waals surface area contributed by atoms with E-state index in [1.54, 1.807) is 7.11 Å². The Kier molecular flexibility index (Phi) is 3.54. The third-order valence-electron chi connectivity index (χ3n) is 3.14. The van der Waals surface area contributed by atoms with E-state index in [0.29, 0.717) is 31.3 Å². The van der Waals surface area contributed by atoms with Crippen LogP contribution in [0.2, 0.25) is 0 Å². The number of rotatable bonds is 5. The van der Waals surface area contributed by atoms with Crippen LogP contribution in [0.4, 0.5) is 0 Å². The molecule has 1 N–H and O–H groups in total. The number of aliphatic hydroxyl groups excluding tert-OH is 1. The fraction of sp³-hybridized carbons (Fsp3) is 0.538. The summed E-state index contributed by atoms with van der Waals surface area (Å²) < 4.78 is 16.0. The molecule has 1 heterocycles.